The number of hydrogen-bond donors (Lipinski definition) is 1. The SMILES string of the molecule is Cc1nc(-c2ccc(Br)cc2)nc(C)c1CCNC(C)C. The molecule has 0 aliphatic rings. The molecule has 2 rings (SSSR count). The van der Waals surface area contributed by atoms with Gasteiger partial charge in [0.05, 0.1) is 0 Å². The van der Waals surface area contributed by atoms with Crippen molar-refractivity contribution in [2.24, 2.45) is 0 Å². The van der Waals surface area contributed by atoms with Gasteiger partial charge in [0.2, 0.25) is 0 Å². The van der Waals surface area contributed by atoms with E-state index in [4.69, 9.17) is 0 Å². The zero-order chi connectivity index (χ0) is 15.4. The molecular weight excluding hydrogens is 326 g/mol. The van der Waals surface area contributed by atoms with E-state index in [1.54, 1.807) is 0 Å². The summed E-state index contributed by atoms with van der Waals surface area (Å²) in [6, 6.07) is 8.62. The molecule has 3 nitrogen and oxygen atoms in total. The Kier molecular flexibility index (Phi) is 5.48. The van der Waals surface area contributed by atoms with E-state index >= 15 is 0 Å². The summed E-state index contributed by atoms with van der Waals surface area (Å²) in [5, 5.41) is 3.44. The second kappa shape index (κ2) is 7.14. The smallest absolute Gasteiger partial charge is 0.159 e. The van der Waals surface area contributed by atoms with Gasteiger partial charge in [-0.25, -0.2) is 9.97 Å². The molecule has 0 radical (unpaired) electrons. The maximum atomic E-state index is 4.68. The van der Waals surface area contributed by atoms with Crippen molar-refractivity contribution >= 4 is 15.9 Å². The molecule has 0 unspecified atom stereocenters. The lowest BCUT2D eigenvalue weighted by molar-refractivity contribution is 0.588. The highest BCUT2D eigenvalue weighted by atomic mass is 79.9. The molecule has 0 saturated heterocycles. The third kappa shape index (κ3) is 4.35. The highest BCUT2D eigenvalue weighted by Gasteiger charge is 2.10. The molecule has 0 spiro atoms. The summed E-state index contributed by atoms with van der Waals surface area (Å²) >= 11 is 3.45. The van der Waals surface area contributed by atoms with Crippen molar-refractivity contribution in [3.05, 3.63) is 45.7 Å². The lowest BCUT2D eigenvalue weighted by Crippen LogP contribution is -2.25. The minimum Gasteiger partial charge on any atom is -0.314 e. The van der Waals surface area contributed by atoms with Gasteiger partial charge in [0, 0.05) is 27.5 Å². The Hall–Kier alpha value is -1.26. The van der Waals surface area contributed by atoms with Crippen molar-refractivity contribution in [2.45, 2.75) is 40.2 Å². The van der Waals surface area contributed by atoms with Crippen molar-refractivity contribution in [3.63, 3.8) is 0 Å². The van der Waals surface area contributed by atoms with Crippen molar-refractivity contribution < 1.29 is 0 Å². The van der Waals surface area contributed by atoms with E-state index in [1.807, 2.05) is 24.3 Å². The maximum Gasteiger partial charge on any atom is 0.159 e. The average Bonchev–Trinajstić information content (AvgIpc) is 2.42. The Morgan fingerprint density at radius 3 is 2.14 bits per heavy atom. The predicted molar refractivity (Wildman–Crippen MR) is 91.5 cm³/mol. The van der Waals surface area contributed by atoms with Crippen LogP contribution in [0.1, 0.15) is 30.8 Å². The van der Waals surface area contributed by atoms with Crippen LogP contribution in [0, 0.1) is 13.8 Å². The van der Waals surface area contributed by atoms with E-state index in [9.17, 15) is 0 Å². The van der Waals surface area contributed by atoms with E-state index in [-0.39, 0.29) is 0 Å². The number of nitrogens with one attached hydrogen (secondary N) is 1. The largest absolute Gasteiger partial charge is 0.314 e. The molecule has 0 amide bonds. The lowest BCUT2D eigenvalue weighted by atomic mass is 10.1. The summed E-state index contributed by atoms with van der Waals surface area (Å²) in [5.74, 6) is 0.804. The molecular formula is C17H22BrN3. The summed E-state index contributed by atoms with van der Waals surface area (Å²) in [4.78, 5) is 9.35. The number of benzene rings is 1. The van der Waals surface area contributed by atoms with Gasteiger partial charge in [-0.1, -0.05) is 41.9 Å². The fourth-order valence-electron chi connectivity index (χ4n) is 2.32. The van der Waals surface area contributed by atoms with Crippen LogP contribution in [-0.4, -0.2) is 22.6 Å². The molecule has 2 aromatic rings. The first kappa shape index (κ1) is 16.1. The second-order valence-electron chi connectivity index (χ2n) is 5.56. The fourth-order valence-corrected chi connectivity index (χ4v) is 2.58. The van der Waals surface area contributed by atoms with Crippen LogP contribution < -0.4 is 5.32 Å². The second-order valence-corrected chi connectivity index (χ2v) is 6.48. The molecule has 1 N–H and O–H groups in total. The molecule has 0 aliphatic heterocycles. The zero-order valence-corrected chi connectivity index (χ0v) is 14.7. The predicted octanol–water partition coefficient (Wildman–Crippen LogP) is 4.06. The molecule has 1 heterocycles. The topological polar surface area (TPSA) is 37.8 Å². The van der Waals surface area contributed by atoms with Gasteiger partial charge >= 0.3 is 0 Å². The Balaban J connectivity index is 2.22. The van der Waals surface area contributed by atoms with Gasteiger partial charge in [0.1, 0.15) is 0 Å². The summed E-state index contributed by atoms with van der Waals surface area (Å²) in [7, 11) is 0. The molecule has 0 bridgehead atoms. The average molecular weight is 348 g/mol. The molecule has 1 aromatic heterocycles. The van der Waals surface area contributed by atoms with Gasteiger partial charge in [0.15, 0.2) is 5.82 Å². The summed E-state index contributed by atoms with van der Waals surface area (Å²) in [6.45, 7) is 9.42. The van der Waals surface area contributed by atoms with E-state index < -0.39 is 0 Å². The highest BCUT2D eigenvalue weighted by Crippen LogP contribution is 2.21. The van der Waals surface area contributed by atoms with Crippen LogP contribution in [0.2, 0.25) is 0 Å². The van der Waals surface area contributed by atoms with Crippen molar-refractivity contribution in [1.29, 1.82) is 0 Å². The first-order valence-corrected chi connectivity index (χ1v) is 8.10. The van der Waals surface area contributed by atoms with Crippen molar-refractivity contribution in [3.8, 4) is 11.4 Å². The fraction of sp³-hybridized carbons (Fsp3) is 0.412. The monoisotopic (exact) mass is 347 g/mol. The standard InChI is InChI=1S/C17H22BrN3/c1-11(2)19-10-9-16-12(3)20-17(21-13(16)4)14-5-7-15(18)8-6-14/h5-8,11,19H,9-10H2,1-4H3. The number of halogens is 1. The molecule has 0 atom stereocenters. The van der Waals surface area contributed by atoms with Crippen molar-refractivity contribution in [2.75, 3.05) is 6.54 Å². The number of hydrogen-bond acceptors (Lipinski definition) is 3. The zero-order valence-electron chi connectivity index (χ0n) is 13.1. The van der Waals surface area contributed by atoms with Gasteiger partial charge in [-0.15, -0.1) is 0 Å². The molecule has 1 aromatic carbocycles. The molecule has 0 fully saturated rings. The Labute approximate surface area is 135 Å². The number of nitrogens with zero attached hydrogens (tertiary/aromatic N) is 2. The van der Waals surface area contributed by atoms with Gasteiger partial charge in [0.25, 0.3) is 0 Å². The van der Waals surface area contributed by atoms with E-state index in [2.05, 4.69) is 58.9 Å². The van der Waals surface area contributed by atoms with Crippen LogP contribution in [0.25, 0.3) is 11.4 Å². The van der Waals surface area contributed by atoms with E-state index in [0.717, 1.165) is 40.2 Å². The van der Waals surface area contributed by atoms with Gasteiger partial charge in [-0.2, -0.15) is 0 Å². The highest BCUT2D eigenvalue weighted by molar-refractivity contribution is 9.10. The molecule has 112 valence electrons. The van der Waals surface area contributed by atoms with Crippen LogP contribution in [0.15, 0.2) is 28.7 Å². The van der Waals surface area contributed by atoms with Crippen molar-refractivity contribution in [1.82, 2.24) is 15.3 Å². The number of aryl methyl sites for hydroxylation is 2. The Morgan fingerprint density at radius 2 is 1.62 bits per heavy atom. The minimum atomic E-state index is 0.508. The van der Waals surface area contributed by atoms with Gasteiger partial charge in [-0.3, -0.25) is 0 Å². The summed E-state index contributed by atoms with van der Waals surface area (Å²) < 4.78 is 1.07. The van der Waals surface area contributed by atoms with Crippen LogP contribution in [0.5, 0.6) is 0 Å². The van der Waals surface area contributed by atoms with E-state index in [1.165, 1.54) is 5.56 Å². The Bertz CT molecular complexity index is 583. The summed E-state index contributed by atoms with van der Waals surface area (Å²) in [5.41, 5.74) is 4.46. The minimum absolute atomic E-state index is 0.508. The molecule has 4 heteroatoms. The normalized spacial score (nSPS) is 11.1. The third-order valence-corrected chi connectivity index (χ3v) is 3.98. The summed E-state index contributed by atoms with van der Waals surface area (Å²) in [6.07, 6.45) is 0.969. The molecule has 0 saturated carbocycles. The van der Waals surface area contributed by atoms with Gasteiger partial charge in [-0.05, 0) is 44.5 Å². The van der Waals surface area contributed by atoms with E-state index in [0.29, 0.717) is 6.04 Å². The lowest BCUT2D eigenvalue weighted by Gasteiger charge is -2.13. The quantitative estimate of drug-likeness (QED) is 0.885. The molecule has 21 heavy (non-hydrogen) atoms. The Morgan fingerprint density at radius 1 is 1.05 bits per heavy atom. The van der Waals surface area contributed by atoms with Crippen LogP contribution in [-0.2, 0) is 6.42 Å². The third-order valence-electron chi connectivity index (χ3n) is 3.45. The maximum absolute atomic E-state index is 4.68. The first-order valence-electron chi connectivity index (χ1n) is 7.31. The number of rotatable bonds is 5. The van der Waals surface area contributed by atoms with Crippen LogP contribution in [0.3, 0.4) is 0 Å². The van der Waals surface area contributed by atoms with Crippen LogP contribution >= 0.6 is 15.9 Å². The van der Waals surface area contributed by atoms with Crippen LogP contribution in [0.4, 0.5) is 0 Å². The molecule has 0 aliphatic carbocycles. The first-order chi connectivity index (χ1) is 9.97. The van der Waals surface area contributed by atoms with Gasteiger partial charge < -0.3 is 5.32 Å². The number of aromatic nitrogens is 2.